The lowest BCUT2D eigenvalue weighted by Crippen LogP contribution is -2.51. The molecule has 0 saturated heterocycles. The predicted molar refractivity (Wildman–Crippen MR) is 58.8 cm³/mol. The fourth-order valence-corrected chi connectivity index (χ4v) is 2.02. The van der Waals surface area contributed by atoms with Gasteiger partial charge in [-0.25, -0.2) is 4.79 Å². The van der Waals surface area contributed by atoms with Gasteiger partial charge in [0.2, 0.25) is 0 Å². The van der Waals surface area contributed by atoms with E-state index in [0.717, 1.165) is 18.2 Å². The van der Waals surface area contributed by atoms with Crippen molar-refractivity contribution >= 4 is 29.2 Å². The van der Waals surface area contributed by atoms with Crippen molar-refractivity contribution in [2.45, 2.75) is 11.8 Å². The summed E-state index contributed by atoms with van der Waals surface area (Å²) in [7, 11) is 0.645. The number of hydrogen-bond donors (Lipinski definition) is 1. The van der Waals surface area contributed by atoms with E-state index in [1.165, 1.54) is 0 Å². The molecule has 1 rings (SSSR count). The van der Waals surface area contributed by atoms with Gasteiger partial charge in [-0.05, 0) is 12.1 Å². The van der Waals surface area contributed by atoms with Gasteiger partial charge in [0.1, 0.15) is 0 Å². The maximum Gasteiger partial charge on any atom is 0.432 e. The number of carbonyl (C=O) groups is 1. The number of ether oxygens (including phenoxy) is 1. The molecular formula is C10H7Cl2F3O3. The van der Waals surface area contributed by atoms with Crippen molar-refractivity contribution in [1.82, 2.24) is 0 Å². The molecule has 0 radical (unpaired) electrons. The number of rotatable bonds is 3. The highest BCUT2D eigenvalue weighted by Gasteiger charge is 2.64. The molecule has 1 N–H and O–H groups in total. The Hall–Kier alpha value is -0.980. The molecule has 0 spiro atoms. The van der Waals surface area contributed by atoms with Crippen LogP contribution in [0, 0.1) is 0 Å². The first kappa shape index (κ1) is 15.1. The first-order chi connectivity index (χ1) is 8.16. The van der Waals surface area contributed by atoms with Crippen LogP contribution in [-0.4, -0.2) is 24.4 Å². The second kappa shape index (κ2) is 4.95. The summed E-state index contributed by atoms with van der Waals surface area (Å²) in [5, 5.41) is 8.51. The molecule has 0 fully saturated rings. The van der Waals surface area contributed by atoms with Crippen LogP contribution in [0.2, 0.25) is 10.0 Å². The van der Waals surface area contributed by atoms with Crippen molar-refractivity contribution in [2.75, 3.05) is 7.11 Å². The molecule has 0 heterocycles. The molecule has 1 aromatic carbocycles. The van der Waals surface area contributed by atoms with E-state index in [1.807, 2.05) is 0 Å². The minimum absolute atomic E-state index is 0.0846. The van der Waals surface area contributed by atoms with Crippen LogP contribution in [0.25, 0.3) is 0 Å². The molecule has 1 atom stereocenters. The molecule has 8 heteroatoms. The molecule has 0 amide bonds. The Balaban J connectivity index is 3.58. The van der Waals surface area contributed by atoms with Gasteiger partial charge in [-0.2, -0.15) is 13.2 Å². The quantitative estimate of drug-likeness (QED) is 0.930. The number of alkyl halides is 3. The predicted octanol–water partition coefficient (Wildman–Crippen LogP) is 3.48. The van der Waals surface area contributed by atoms with E-state index in [0.29, 0.717) is 7.11 Å². The van der Waals surface area contributed by atoms with Crippen LogP contribution < -0.4 is 0 Å². The summed E-state index contributed by atoms with van der Waals surface area (Å²) in [6, 6.07) is 2.99. The third-order valence-corrected chi connectivity index (χ3v) is 2.86. The zero-order valence-corrected chi connectivity index (χ0v) is 10.4. The second-order valence-electron chi connectivity index (χ2n) is 3.31. The third kappa shape index (κ3) is 2.28. The van der Waals surface area contributed by atoms with Crippen LogP contribution >= 0.6 is 23.2 Å². The van der Waals surface area contributed by atoms with Crippen molar-refractivity contribution < 1.29 is 27.8 Å². The summed E-state index contributed by atoms with van der Waals surface area (Å²) < 4.78 is 43.2. The maximum absolute atomic E-state index is 13.0. The first-order valence-corrected chi connectivity index (χ1v) is 5.23. The SMILES string of the molecule is COC(C(=O)O)(c1ccc(Cl)cc1Cl)C(F)(F)F. The second-order valence-corrected chi connectivity index (χ2v) is 4.16. The van der Waals surface area contributed by atoms with Gasteiger partial charge >= 0.3 is 12.1 Å². The molecular weight excluding hydrogens is 296 g/mol. The number of carboxylic acid groups (broad SMARTS) is 1. The van der Waals surface area contributed by atoms with Crippen LogP contribution in [0.4, 0.5) is 13.2 Å². The lowest BCUT2D eigenvalue weighted by Gasteiger charge is -2.31. The van der Waals surface area contributed by atoms with E-state index >= 15 is 0 Å². The number of hydrogen-bond acceptors (Lipinski definition) is 2. The Labute approximate surface area is 110 Å². The average molecular weight is 303 g/mol. The van der Waals surface area contributed by atoms with Gasteiger partial charge in [-0.15, -0.1) is 0 Å². The van der Waals surface area contributed by atoms with Crippen LogP contribution in [0.5, 0.6) is 0 Å². The van der Waals surface area contributed by atoms with Gasteiger partial charge in [-0.3, -0.25) is 0 Å². The van der Waals surface area contributed by atoms with Crippen molar-refractivity contribution in [3.05, 3.63) is 33.8 Å². The minimum atomic E-state index is -5.18. The zero-order valence-electron chi connectivity index (χ0n) is 8.89. The monoisotopic (exact) mass is 302 g/mol. The Morgan fingerprint density at radius 1 is 1.33 bits per heavy atom. The molecule has 0 bridgehead atoms. The molecule has 0 aliphatic rings. The van der Waals surface area contributed by atoms with Gasteiger partial charge in [0.15, 0.2) is 0 Å². The number of aliphatic carboxylic acids is 1. The van der Waals surface area contributed by atoms with Crippen molar-refractivity contribution in [3.8, 4) is 0 Å². The number of carboxylic acids is 1. The molecule has 18 heavy (non-hydrogen) atoms. The highest BCUT2D eigenvalue weighted by Crippen LogP contribution is 2.45. The summed E-state index contributed by atoms with van der Waals surface area (Å²) in [5.74, 6) is -2.21. The molecule has 100 valence electrons. The summed E-state index contributed by atoms with van der Waals surface area (Å²) in [6.07, 6.45) is -5.18. The Kier molecular flexibility index (Phi) is 4.15. The maximum atomic E-state index is 13.0. The summed E-state index contributed by atoms with van der Waals surface area (Å²) in [5.41, 5.74) is -4.25. The topological polar surface area (TPSA) is 46.5 Å². The number of methoxy groups -OCH3 is 1. The molecule has 3 nitrogen and oxygen atoms in total. The molecule has 0 aromatic heterocycles. The summed E-state index contributed by atoms with van der Waals surface area (Å²) in [4.78, 5) is 11.0. The number of halogens is 5. The van der Waals surface area contributed by atoms with E-state index in [-0.39, 0.29) is 5.02 Å². The van der Waals surface area contributed by atoms with Crippen LogP contribution in [0.3, 0.4) is 0 Å². The zero-order chi connectivity index (χ0) is 14.1. The van der Waals surface area contributed by atoms with Crippen molar-refractivity contribution in [3.63, 3.8) is 0 Å². The van der Waals surface area contributed by atoms with Crippen molar-refractivity contribution in [1.29, 1.82) is 0 Å². The highest BCUT2D eigenvalue weighted by atomic mass is 35.5. The van der Waals surface area contributed by atoms with Crippen LogP contribution in [-0.2, 0) is 15.1 Å². The Morgan fingerprint density at radius 2 is 1.89 bits per heavy atom. The van der Waals surface area contributed by atoms with Crippen LogP contribution in [0.15, 0.2) is 18.2 Å². The lowest BCUT2D eigenvalue weighted by atomic mass is 9.92. The molecule has 0 saturated carbocycles. The number of benzene rings is 1. The molecule has 0 aliphatic heterocycles. The van der Waals surface area contributed by atoms with E-state index < -0.39 is 28.3 Å². The molecule has 1 aromatic rings. The standard InChI is InChI=1S/C10H7Cl2F3O3/c1-18-9(8(16)17,10(13,14)15)6-3-2-5(11)4-7(6)12/h2-4H,1H3,(H,16,17). The largest absolute Gasteiger partial charge is 0.479 e. The fourth-order valence-electron chi connectivity index (χ4n) is 1.48. The Morgan fingerprint density at radius 3 is 2.22 bits per heavy atom. The van der Waals surface area contributed by atoms with Gasteiger partial charge < -0.3 is 9.84 Å². The van der Waals surface area contributed by atoms with Gasteiger partial charge in [0.25, 0.3) is 5.60 Å². The van der Waals surface area contributed by atoms with Crippen molar-refractivity contribution in [2.24, 2.45) is 0 Å². The van der Waals surface area contributed by atoms with Gasteiger partial charge in [0.05, 0.1) is 0 Å². The van der Waals surface area contributed by atoms with E-state index in [1.54, 1.807) is 0 Å². The third-order valence-electron chi connectivity index (χ3n) is 2.32. The first-order valence-electron chi connectivity index (χ1n) is 4.47. The van der Waals surface area contributed by atoms with Gasteiger partial charge in [-0.1, -0.05) is 29.3 Å². The van der Waals surface area contributed by atoms with Crippen LogP contribution in [0.1, 0.15) is 5.56 Å². The highest BCUT2D eigenvalue weighted by molar-refractivity contribution is 6.35. The summed E-state index contributed by atoms with van der Waals surface area (Å²) in [6.45, 7) is 0. The minimum Gasteiger partial charge on any atom is -0.479 e. The average Bonchev–Trinajstić information content (AvgIpc) is 2.19. The Bertz CT molecular complexity index is 476. The molecule has 1 unspecified atom stereocenters. The van der Waals surface area contributed by atoms with Gasteiger partial charge in [0, 0.05) is 22.7 Å². The fraction of sp³-hybridized carbons (Fsp3) is 0.300. The van der Waals surface area contributed by atoms with E-state index in [2.05, 4.69) is 4.74 Å². The van der Waals surface area contributed by atoms with E-state index in [9.17, 15) is 18.0 Å². The smallest absolute Gasteiger partial charge is 0.432 e. The van der Waals surface area contributed by atoms with E-state index in [4.69, 9.17) is 28.3 Å². The molecule has 0 aliphatic carbocycles. The summed E-state index contributed by atoms with van der Waals surface area (Å²) >= 11 is 11.2. The normalized spacial score (nSPS) is 15.2. The lowest BCUT2D eigenvalue weighted by molar-refractivity contribution is -0.273.